The second kappa shape index (κ2) is 4.98. The molecule has 15 heavy (non-hydrogen) atoms. The lowest BCUT2D eigenvalue weighted by atomic mass is 10.2. The molecule has 0 saturated carbocycles. The number of pyridine rings is 1. The molecule has 1 N–H and O–H groups in total. The van der Waals surface area contributed by atoms with Gasteiger partial charge < -0.3 is 4.74 Å². The van der Waals surface area contributed by atoms with Gasteiger partial charge in [-0.1, -0.05) is 6.42 Å². The maximum absolute atomic E-state index is 5.24. The molecule has 1 aliphatic heterocycles. The SMILES string of the molecule is COc1cccnc1NN1CCCCC1. The molecule has 0 aliphatic carbocycles. The average molecular weight is 207 g/mol. The predicted octanol–water partition coefficient (Wildman–Crippen LogP) is 1.90. The Kier molecular flexibility index (Phi) is 3.40. The van der Waals surface area contributed by atoms with Gasteiger partial charge in [-0.3, -0.25) is 5.43 Å². The molecule has 0 atom stereocenters. The lowest BCUT2D eigenvalue weighted by Gasteiger charge is -2.27. The summed E-state index contributed by atoms with van der Waals surface area (Å²) in [5, 5.41) is 2.20. The van der Waals surface area contributed by atoms with Crippen LogP contribution in [0, 0.1) is 0 Å². The number of piperidine rings is 1. The first-order valence-corrected chi connectivity index (χ1v) is 5.41. The van der Waals surface area contributed by atoms with Crippen LogP contribution in [0.2, 0.25) is 0 Å². The lowest BCUT2D eigenvalue weighted by molar-refractivity contribution is 0.270. The van der Waals surface area contributed by atoms with Crippen LogP contribution in [0.1, 0.15) is 19.3 Å². The third-order valence-corrected chi connectivity index (χ3v) is 2.61. The van der Waals surface area contributed by atoms with Crippen LogP contribution in [0.5, 0.6) is 5.75 Å². The third kappa shape index (κ3) is 2.59. The highest BCUT2D eigenvalue weighted by Crippen LogP contribution is 2.21. The molecule has 1 aromatic heterocycles. The quantitative estimate of drug-likeness (QED) is 0.821. The molecule has 1 fully saturated rings. The number of hydrogen-bond acceptors (Lipinski definition) is 4. The summed E-state index contributed by atoms with van der Waals surface area (Å²) in [6.07, 6.45) is 5.61. The highest BCUT2D eigenvalue weighted by atomic mass is 16.5. The van der Waals surface area contributed by atoms with Gasteiger partial charge in [0.1, 0.15) is 0 Å². The molecule has 82 valence electrons. The van der Waals surface area contributed by atoms with E-state index in [4.69, 9.17) is 4.74 Å². The molecule has 1 aromatic rings. The van der Waals surface area contributed by atoms with Gasteiger partial charge in [0.25, 0.3) is 0 Å². The number of methoxy groups -OCH3 is 1. The zero-order chi connectivity index (χ0) is 10.5. The minimum atomic E-state index is 0.795. The Morgan fingerprint density at radius 3 is 2.87 bits per heavy atom. The highest BCUT2D eigenvalue weighted by Gasteiger charge is 2.12. The number of aromatic nitrogens is 1. The van der Waals surface area contributed by atoms with E-state index < -0.39 is 0 Å². The minimum Gasteiger partial charge on any atom is -0.493 e. The predicted molar refractivity (Wildman–Crippen MR) is 59.8 cm³/mol. The van der Waals surface area contributed by atoms with Gasteiger partial charge in [-0.2, -0.15) is 0 Å². The summed E-state index contributed by atoms with van der Waals surface area (Å²) in [4.78, 5) is 4.27. The van der Waals surface area contributed by atoms with E-state index in [0.29, 0.717) is 0 Å². The van der Waals surface area contributed by atoms with Crippen molar-refractivity contribution in [3.05, 3.63) is 18.3 Å². The van der Waals surface area contributed by atoms with Crippen molar-refractivity contribution in [3.63, 3.8) is 0 Å². The first kappa shape index (κ1) is 10.2. The zero-order valence-electron chi connectivity index (χ0n) is 9.07. The van der Waals surface area contributed by atoms with Crippen LogP contribution in [-0.2, 0) is 0 Å². The normalized spacial score (nSPS) is 17.4. The van der Waals surface area contributed by atoms with Crippen LogP contribution in [0.15, 0.2) is 18.3 Å². The van der Waals surface area contributed by atoms with Crippen LogP contribution in [-0.4, -0.2) is 30.2 Å². The Morgan fingerprint density at radius 1 is 1.33 bits per heavy atom. The number of anilines is 1. The molecular formula is C11H17N3O. The third-order valence-electron chi connectivity index (χ3n) is 2.61. The van der Waals surface area contributed by atoms with E-state index in [2.05, 4.69) is 15.4 Å². The van der Waals surface area contributed by atoms with Gasteiger partial charge in [0.15, 0.2) is 11.6 Å². The summed E-state index contributed by atoms with van der Waals surface area (Å²) in [7, 11) is 1.67. The standard InChI is InChI=1S/C11H17N3O/c1-15-10-6-5-7-12-11(10)13-14-8-3-2-4-9-14/h5-7H,2-4,8-9H2,1H3,(H,12,13). The molecule has 4 heteroatoms. The van der Waals surface area contributed by atoms with Crippen molar-refractivity contribution in [1.29, 1.82) is 0 Å². The van der Waals surface area contributed by atoms with Crippen molar-refractivity contribution < 1.29 is 4.74 Å². The van der Waals surface area contributed by atoms with Crippen LogP contribution in [0.3, 0.4) is 0 Å². The van der Waals surface area contributed by atoms with Gasteiger partial charge in [0, 0.05) is 19.3 Å². The van der Waals surface area contributed by atoms with E-state index in [1.807, 2.05) is 12.1 Å². The minimum absolute atomic E-state index is 0.795. The second-order valence-corrected chi connectivity index (χ2v) is 3.71. The fourth-order valence-corrected chi connectivity index (χ4v) is 1.79. The molecule has 0 aromatic carbocycles. The molecule has 0 radical (unpaired) electrons. The Hall–Kier alpha value is -1.29. The Morgan fingerprint density at radius 2 is 2.13 bits per heavy atom. The van der Waals surface area contributed by atoms with Gasteiger partial charge >= 0.3 is 0 Å². The molecule has 2 rings (SSSR count). The zero-order valence-corrected chi connectivity index (χ0v) is 9.07. The van der Waals surface area contributed by atoms with Crippen LogP contribution in [0.4, 0.5) is 5.82 Å². The smallest absolute Gasteiger partial charge is 0.183 e. The van der Waals surface area contributed by atoms with Crippen molar-refractivity contribution in [2.45, 2.75) is 19.3 Å². The molecular weight excluding hydrogens is 190 g/mol. The van der Waals surface area contributed by atoms with Gasteiger partial charge in [-0.15, -0.1) is 0 Å². The highest BCUT2D eigenvalue weighted by molar-refractivity contribution is 5.48. The van der Waals surface area contributed by atoms with Crippen molar-refractivity contribution in [2.24, 2.45) is 0 Å². The monoisotopic (exact) mass is 207 g/mol. The number of ether oxygens (including phenoxy) is 1. The van der Waals surface area contributed by atoms with E-state index in [1.54, 1.807) is 13.3 Å². The Balaban J connectivity index is 2.02. The van der Waals surface area contributed by atoms with Crippen molar-refractivity contribution in [2.75, 3.05) is 25.6 Å². The summed E-state index contributed by atoms with van der Waals surface area (Å²) in [5.41, 5.74) is 3.30. The van der Waals surface area contributed by atoms with Crippen LogP contribution < -0.4 is 10.2 Å². The van der Waals surface area contributed by atoms with Gasteiger partial charge in [0.2, 0.25) is 0 Å². The number of hydrazine groups is 1. The molecule has 0 bridgehead atoms. The molecule has 4 nitrogen and oxygen atoms in total. The van der Waals surface area contributed by atoms with Gasteiger partial charge in [0.05, 0.1) is 7.11 Å². The van der Waals surface area contributed by atoms with E-state index in [9.17, 15) is 0 Å². The first-order valence-electron chi connectivity index (χ1n) is 5.41. The van der Waals surface area contributed by atoms with E-state index in [0.717, 1.165) is 24.7 Å². The first-order chi connectivity index (χ1) is 7.40. The summed E-state index contributed by atoms with van der Waals surface area (Å²) < 4.78 is 5.24. The second-order valence-electron chi connectivity index (χ2n) is 3.71. The maximum Gasteiger partial charge on any atom is 0.183 e. The summed E-state index contributed by atoms with van der Waals surface area (Å²) in [6.45, 7) is 2.17. The fraction of sp³-hybridized carbons (Fsp3) is 0.545. The van der Waals surface area contributed by atoms with Crippen molar-refractivity contribution >= 4 is 5.82 Å². The molecule has 2 heterocycles. The average Bonchev–Trinajstić information content (AvgIpc) is 2.31. The molecule has 0 unspecified atom stereocenters. The molecule has 0 amide bonds. The molecule has 0 spiro atoms. The Bertz CT molecular complexity index is 310. The fourth-order valence-electron chi connectivity index (χ4n) is 1.79. The van der Waals surface area contributed by atoms with E-state index >= 15 is 0 Å². The number of nitrogens with zero attached hydrogens (tertiary/aromatic N) is 2. The summed E-state index contributed by atoms with van der Waals surface area (Å²) >= 11 is 0. The van der Waals surface area contributed by atoms with E-state index in [-0.39, 0.29) is 0 Å². The molecule has 1 aliphatic rings. The van der Waals surface area contributed by atoms with Crippen molar-refractivity contribution in [1.82, 2.24) is 9.99 Å². The summed E-state index contributed by atoms with van der Waals surface area (Å²) in [6, 6.07) is 3.79. The van der Waals surface area contributed by atoms with Crippen molar-refractivity contribution in [3.8, 4) is 5.75 Å². The lowest BCUT2D eigenvalue weighted by Crippen LogP contribution is -2.35. The van der Waals surface area contributed by atoms with Crippen LogP contribution >= 0.6 is 0 Å². The number of nitrogens with one attached hydrogen (secondary N) is 1. The van der Waals surface area contributed by atoms with E-state index in [1.165, 1.54) is 19.3 Å². The summed E-state index contributed by atoms with van der Waals surface area (Å²) in [5.74, 6) is 1.60. The number of rotatable bonds is 3. The van der Waals surface area contributed by atoms with Crippen LogP contribution in [0.25, 0.3) is 0 Å². The maximum atomic E-state index is 5.24. The van der Waals surface area contributed by atoms with Gasteiger partial charge in [-0.05, 0) is 25.0 Å². The topological polar surface area (TPSA) is 37.4 Å². The van der Waals surface area contributed by atoms with Gasteiger partial charge in [-0.25, -0.2) is 9.99 Å². The molecule has 1 saturated heterocycles. The number of hydrogen-bond donors (Lipinski definition) is 1. The Labute approximate surface area is 90.2 Å². The largest absolute Gasteiger partial charge is 0.493 e.